The summed E-state index contributed by atoms with van der Waals surface area (Å²) in [6, 6.07) is 0. The van der Waals surface area contributed by atoms with Crippen molar-refractivity contribution in [2.24, 2.45) is 5.41 Å². The van der Waals surface area contributed by atoms with Crippen molar-refractivity contribution in [2.45, 2.75) is 18.4 Å². The summed E-state index contributed by atoms with van der Waals surface area (Å²) in [5.41, 5.74) is -1.03. The second kappa shape index (κ2) is 3.20. The largest absolute Gasteiger partial charge is 0.396 e. The molecule has 0 aliphatic carbocycles. The predicted molar refractivity (Wildman–Crippen MR) is 47.4 cm³/mol. The van der Waals surface area contributed by atoms with E-state index in [9.17, 15) is 10.2 Å². The molecular formula is C9H17NO3. The highest BCUT2D eigenvalue weighted by Gasteiger charge is 2.54. The lowest BCUT2D eigenvalue weighted by Crippen LogP contribution is -2.69. The zero-order valence-corrected chi connectivity index (χ0v) is 7.75. The van der Waals surface area contributed by atoms with Crippen LogP contribution in [0.1, 0.15) is 12.8 Å². The lowest BCUT2D eigenvalue weighted by atomic mass is 9.64. The van der Waals surface area contributed by atoms with Gasteiger partial charge in [-0.05, 0) is 0 Å². The third kappa shape index (κ3) is 1.29. The molecule has 2 rings (SSSR count). The Balaban J connectivity index is 2.10. The molecule has 0 unspecified atom stereocenters. The molecule has 0 atom stereocenters. The predicted octanol–water partition coefficient (Wildman–Crippen LogP) is -0.890. The van der Waals surface area contributed by atoms with Crippen LogP contribution < -0.4 is 5.32 Å². The van der Waals surface area contributed by atoms with E-state index in [0.29, 0.717) is 26.1 Å². The highest BCUT2D eigenvalue weighted by Crippen LogP contribution is 2.41. The van der Waals surface area contributed by atoms with Crippen molar-refractivity contribution in [3.63, 3.8) is 0 Å². The van der Waals surface area contributed by atoms with E-state index >= 15 is 0 Å². The number of hydrogen-bond donors (Lipinski definition) is 3. The minimum atomic E-state index is -0.717. The SMILES string of the molecule is OCC1(C2(O)CCOCC2)CNC1. The van der Waals surface area contributed by atoms with E-state index < -0.39 is 5.60 Å². The number of aliphatic hydroxyl groups excluding tert-OH is 1. The van der Waals surface area contributed by atoms with Gasteiger partial charge in [0.15, 0.2) is 0 Å². The quantitative estimate of drug-likeness (QED) is 0.525. The van der Waals surface area contributed by atoms with E-state index in [-0.39, 0.29) is 12.0 Å². The zero-order valence-electron chi connectivity index (χ0n) is 7.75. The van der Waals surface area contributed by atoms with Gasteiger partial charge in [-0.2, -0.15) is 0 Å². The Morgan fingerprint density at radius 2 is 1.85 bits per heavy atom. The van der Waals surface area contributed by atoms with E-state index in [1.165, 1.54) is 0 Å². The normalized spacial score (nSPS) is 30.9. The molecule has 0 radical (unpaired) electrons. The molecule has 2 heterocycles. The number of nitrogens with one attached hydrogen (secondary N) is 1. The number of rotatable bonds is 2. The minimum absolute atomic E-state index is 0.0660. The Kier molecular flexibility index (Phi) is 2.32. The lowest BCUT2D eigenvalue weighted by Gasteiger charge is -2.54. The van der Waals surface area contributed by atoms with Crippen LogP contribution in [0.4, 0.5) is 0 Å². The van der Waals surface area contributed by atoms with Crippen LogP contribution in [-0.4, -0.2) is 48.7 Å². The molecule has 4 heteroatoms. The molecule has 0 aromatic carbocycles. The third-order valence-electron chi connectivity index (χ3n) is 3.54. The van der Waals surface area contributed by atoms with E-state index in [1.54, 1.807) is 0 Å². The van der Waals surface area contributed by atoms with Crippen LogP contribution in [0.2, 0.25) is 0 Å². The van der Waals surface area contributed by atoms with Crippen LogP contribution in [0.3, 0.4) is 0 Å². The first-order valence-electron chi connectivity index (χ1n) is 4.84. The van der Waals surface area contributed by atoms with Crippen molar-refractivity contribution >= 4 is 0 Å². The molecule has 13 heavy (non-hydrogen) atoms. The Hall–Kier alpha value is -0.160. The van der Waals surface area contributed by atoms with Crippen LogP contribution >= 0.6 is 0 Å². The van der Waals surface area contributed by atoms with Gasteiger partial charge in [-0.1, -0.05) is 0 Å². The smallest absolute Gasteiger partial charge is 0.0793 e. The molecule has 0 saturated carbocycles. The first-order chi connectivity index (χ1) is 6.22. The van der Waals surface area contributed by atoms with E-state index in [1.807, 2.05) is 0 Å². The molecular weight excluding hydrogens is 170 g/mol. The third-order valence-corrected chi connectivity index (χ3v) is 3.54. The molecule has 76 valence electrons. The number of aliphatic hydroxyl groups is 2. The second-order valence-corrected chi connectivity index (χ2v) is 4.19. The van der Waals surface area contributed by atoms with Gasteiger partial charge in [0.1, 0.15) is 0 Å². The topological polar surface area (TPSA) is 61.7 Å². The van der Waals surface area contributed by atoms with Crippen molar-refractivity contribution in [3.8, 4) is 0 Å². The summed E-state index contributed by atoms with van der Waals surface area (Å²) >= 11 is 0. The van der Waals surface area contributed by atoms with Crippen LogP contribution in [0.15, 0.2) is 0 Å². The monoisotopic (exact) mass is 187 g/mol. The Morgan fingerprint density at radius 3 is 2.23 bits per heavy atom. The molecule has 0 spiro atoms. The first kappa shape index (κ1) is 9.40. The molecule has 0 aromatic heterocycles. The van der Waals surface area contributed by atoms with Crippen molar-refractivity contribution in [2.75, 3.05) is 32.9 Å². The fourth-order valence-corrected chi connectivity index (χ4v) is 2.25. The maximum absolute atomic E-state index is 10.4. The zero-order chi connectivity index (χ0) is 9.36. The van der Waals surface area contributed by atoms with Crippen LogP contribution in [0.25, 0.3) is 0 Å². The standard InChI is InChI=1S/C9H17NO3/c11-7-8(5-10-6-8)9(12)1-3-13-4-2-9/h10-12H,1-7H2. The van der Waals surface area contributed by atoms with E-state index in [0.717, 1.165) is 13.1 Å². The van der Waals surface area contributed by atoms with Crippen LogP contribution in [-0.2, 0) is 4.74 Å². The van der Waals surface area contributed by atoms with Crippen molar-refractivity contribution in [3.05, 3.63) is 0 Å². The molecule has 0 bridgehead atoms. The summed E-state index contributed by atoms with van der Waals surface area (Å²) < 4.78 is 5.21. The molecule has 0 amide bonds. The van der Waals surface area contributed by atoms with Crippen molar-refractivity contribution < 1.29 is 14.9 Å². The molecule has 2 saturated heterocycles. The molecule has 2 aliphatic heterocycles. The molecule has 0 aromatic rings. The molecule has 2 aliphatic rings. The van der Waals surface area contributed by atoms with Gasteiger partial charge >= 0.3 is 0 Å². The summed E-state index contributed by atoms with van der Waals surface area (Å²) in [7, 11) is 0. The van der Waals surface area contributed by atoms with Gasteiger partial charge in [-0.15, -0.1) is 0 Å². The molecule has 4 nitrogen and oxygen atoms in total. The first-order valence-corrected chi connectivity index (χ1v) is 4.84. The summed E-state index contributed by atoms with van der Waals surface area (Å²) in [4.78, 5) is 0. The highest BCUT2D eigenvalue weighted by atomic mass is 16.5. The summed E-state index contributed by atoms with van der Waals surface area (Å²) in [6.07, 6.45) is 1.30. The average Bonchev–Trinajstić information content (AvgIpc) is 2.04. The van der Waals surface area contributed by atoms with Crippen molar-refractivity contribution in [1.82, 2.24) is 5.32 Å². The van der Waals surface area contributed by atoms with Gasteiger partial charge in [-0.3, -0.25) is 0 Å². The Labute approximate surface area is 77.9 Å². The maximum atomic E-state index is 10.4. The van der Waals surface area contributed by atoms with E-state index in [2.05, 4.69) is 5.32 Å². The van der Waals surface area contributed by atoms with Gasteiger partial charge in [0.25, 0.3) is 0 Å². The molecule has 2 fully saturated rings. The lowest BCUT2D eigenvalue weighted by molar-refractivity contribution is -0.177. The van der Waals surface area contributed by atoms with Gasteiger partial charge in [0.2, 0.25) is 0 Å². The Morgan fingerprint density at radius 1 is 1.23 bits per heavy atom. The summed E-state index contributed by atoms with van der Waals surface area (Å²) in [5, 5.41) is 22.8. The second-order valence-electron chi connectivity index (χ2n) is 4.19. The maximum Gasteiger partial charge on any atom is 0.0793 e. The van der Waals surface area contributed by atoms with E-state index in [4.69, 9.17) is 4.74 Å². The van der Waals surface area contributed by atoms with Gasteiger partial charge in [0.05, 0.1) is 12.2 Å². The van der Waals surface area contributed by atoms with Gasteiger partial charge in [-0.25, -0.2) is 0 Å². The van der Waals surface area contributed by atoms with Crippen LogP contribution in [0.5, 0.6) is 0 Å². The summed E-state index contributed by atoms with van der Waals surface area (Å²) in [6.45, 7) is 2.73. The number of hydrogen-bond acceptors (Lipinski definition) is 4. The fourth-order valence-electron chi connectivity index (χ4n) is 2.25. The molecule has 3 N–H and O–H groups in total. The average molecular weight is 187 g/mol. The van der Waals surface area contributed by atoms with Crippen molar-refractivity contribution in [1.29, 1.82) is 0 Å². The van der Waals surface area contributed by atoms with Gasteiger partial charge < -0.3 is 20.3 Å². The minimum Gasteiger partial charge on any atom is -0.396 e. The Bertz CT molecular complexity index is 180. The highest BCUT2D eigenvalue weighted by molar-refractivity contribution is 5.07. The van der Waals surface area contributed by atoms with Crippen LogP contribution in [0, 0.1) is 5.41 Å². The fraction of sp³-hybridized carbons (Fsp3) is 1.00. The summed E-state index contributed by atoms with van der Waals surface area (Å²) in [5.74, 6) is 0. The van der Waals surface area contributed by atoms with Gasteiger partial charge in [0, 0.05) is 44.6 Å². The number of ether oxygens (including phenoxy) is 1.